The van der Waals surface area contributed by atoms with E-state index in [1.54, 1.807) is 0 Å². The molecule has 0 radical (unpaired) electrons. The smallest absolute Gasteiger partial charge is 0.253 e. The molecule has 0 unspecified atom stereocenters. The number of para-hydroxylation sites is 4. The molecule has 0 bridgehead atoms. The molecule has 1 aromatic heterocycles. The topological polar surface area (TPSA) is 69.4 Å². The Labute approximate surface area is 162 Å². The van der Waals surface area contributed by atoms with E-state index in [0.717, 1.165) is 22.9 Å². The predicted molar refractivity (Wildman–Crippen MR) is 105 cm³/mol. The molecular weight excluding hydrogens is 354 g/mol. The van der Waals surface area contributed by atoms with Gasteiger partial charge in [-0.25, -0.2) is 0 Å². The van der Waals surface area contributed by atoms with Crippen molar-refractivity contribution in [3.63, 3.8) is 0 Å². The van der Waals surface area contributed by atoms with Gasteiger partial charge < -0.3 is 19.2 Å². The zero-order chi connectivity index (χ0) is 19.0. The Balaban J connectivity index is 1.35. The molecule has 0 saturated carbocycles. The van der Waals surface area contributed by atoms with Crippen molar-refractivity contribution < 1.29 is 13.9 Å². The molecule has 0 aliphatic heterocycles. The highest BCUT2D eigenvalue weighted by atomic mass is 16.5. The van der Waals surface area contributed by atoms with E-state index in [1.807, 2.05) is 84.9 Å². The summed E-state index contributed by atoms with van der Waals surface area (Å²) in [6.45, 7) is 0.609. The van der Waals surface area contributed by atoms with Crippen LogP contribution in [0.25, 0.3) is 0 Å². The fraction of sp³-hybridized carbons (Fsp3) is 0.0909. The third kappa shape index (κ3) is 4.67. The molecule has 4 aromatic rings. The Bertz CT molecular complexity index is 1000. The van der Waals surface area contributed by atoms with Gasteiger partial charge in [-0.1, -0.05) is 48.5 Å². The fourth-order valence-electron chi connectivity index (χ4n) is 2.57. The molecule has 140 valence electrons. The molecule has 0 aliphatic carbocycles. The third-order valence-electron chi connectivity index (χ3n) is 3.90. The van der Waals surface area contributed by atoms with Crippen LogP contribution in [-0.4, -0.2) is 10.2 Å². The molecule has 0 amide bonds. The van der Waals surface area contributed by atoms with Crippen molar-refractivity contribution in [2.45, 2.75) is 13.2 Å². The van der Waals surface area contributed by atoms with Crippen molar-refractivity contribution in [2.75, 3.05) is 5.32 Å². The van der Waals surface area contributed by atoms with Gasteiger partial charge in [0.1, 0.15) is 11.5 Å². The molecule has 1 heterocycles. The zero-order valence-electron chi connectivity index (χ0n) is 15.1. The van der Waals surface area contributed by atoms with Gasteiger partial charge in [-0.2, -0.15) is 0 Å². The normalized spacial score (nSPS) is 10.4. The van der Waals surface area contributed by atoms with Gasteiger partial charge >= 0.3 is 0 Å². The molecule has 0 spiro atoms. The minimum absolute atomic E-state index is 0.227. The zero-order valence-corrected chi connectivity index (χ0v) is 15.1. The van der Waals surface area contributed by atoms with E-state index in [9.17, 15) is 0 Å². The number of ether oxygens (including phenoxy) is 2. The molecular formula is C22H19N3O3. The summed E-state index contributed by atoms with van der Waals surface area (Å²) in [7, 11) is 0. The second-order valence-electron chi connectivity index (χ2n) is 5.96. The van der Waals surface area contributed by atoms with E-state index < -0.39 is 0 Å². The first-order valence-electron chi connectivity index (χ1n) is 8.92. The van der Waals surface area contributed by atoms with Crippen LogP contribution in [0, 0.1) is 0 Å². The number of nitrogens with one attached hydrogen (secondary N) is 1. The highest BCUT2D eigenvalue weighted by Crippen LogP contribution is 2.29. The third-order valence-corrected chi connectivity index (χ3v) is 3.90. The molecule has 6 heteroatoms. The highest BCUT2D eigenvalue weighted by Gasteiger charge is 2.09. The Morgan fingerprint density at radius 2 is 1.36 bits per heavy atom. The van der Waals surface area contributed by atoms with Gasteiger partial charge in [0.25, 0.3) is 5.89 Å². The first-order valence-corrected chi connectivity index (χ1v) is 8.92. The van der Waals surface area contributed by atoms with Crippen LogP contribution in [0.15, 0.2) is 89.3 Å². The maximum atomic E-state index is 5.94. The van der Waals surface area contributed by atoms with Crippen LogP contribution in [0.1, 0.15) is 11.8 Å². The summed E-state index contributed by atoms with van der Waals surface area (Å²) in [6, 6.07) is 26.9. The Kier molecular flexibility index (Phi) is 5.49. The molecule has 0 aliphatic rings. The number of anilines is 1. The highest BCUT2D eigenvalue weighted by molar-refractivity contribution is 5.57. The number of rotatable bonds is 8. The molecule has 4 rings (SSSR count). The molecule has 0 saturated heterocycles. The number of nitrogens with zero attached hydrogens (tertiary/aromatic N) is 2. The van der Waals surface area contributed by atoms with E-state index in [1.165, 1.54) is 0 Å². The van der Waals surface area contributed by atoms with Crippen molar-refractivity contribution in [1.29, 1.82) is 0 Å². The lowest BCUT2D eigenvalue weighted by Crippen LogP contribution is -2.01. The van der Waals surface area contributed by atoms with Gasteiger partial charge in [-0.3, -0.25) is 0 Å². The lowest BCUT2D eigenvalue weighted by molar-refractivity contribution is 0.259. The van der Waals surface area contributed by atoms with E-state index in [4.69, 9.17) is 13.9 Å². The van der Waals surface area contributed by atoms with Crippen LogP contribution in [0.3, 0.4) is 0 Å². The first-order chi connectivity index (χ1) is 13.9. The number of hydrogen-bond acceptors (Lipinski definition) is 6. The van der Waals surface area contributed by atoms with Gasteiger partial charge in [-0.05, 0) is 36.4 Å². The fourth-order valence-corrected chi connectivity index (χ4v) is 2.57. The van der Waals surface area contributed by atoms with E-state index in [-0.39, 0.29) is 6.61 Å². The lowest BCUT2D eigenvalue weighted by Gasteiger charge is -2.11. The van der Waals surface area contributed by atoms with Gasteiger partial charge in [0.2, 0.25) is 5.89 Å². The standard InChI is InChI=1S/C22H19N3O3/c1-3-9-17(10-4-1)26-16-22-25-24-21(28-22)15-23-19-13-7-8-14-20(19)27-18-11-5-2-6-12-18/h1-14,23H,15-16H2. The SMILES string of the molecule is c1ccc(OCc2nnc(CNc3ccccc3Oc3ccccc3)o2)cc1. The summed E-state index contributed by atoms with van der Waals surface area (Å²) in [4.78, 5) is 0. The molecule has 3 aromatic carbocycles. The first kappa shape index (κ1) is 17.6. The summed E-state index contributed by atoms with van der Waals surface area (Å²) in [5, 5.41) is 11.4. The number of hydrogen-bond donors (Lipinski definition) is 1. The summed E-state index contributed by atoms with van der Waals surface area (Å²) in [5.74, 6) is 3.15. The maximum Gasteiger partial charge on any atom is 0.253 e. The van der Waals surface area contributed by atoms with Crippen LogP contribution in [0.5, 0.6) is 17.2 Å². The largest absolute Gasteiger partial charge is 0.484 e. The van der Waals surface area contributed by atoms with Crippen molar-refractivity contribution in [1.82, 2.24) is 10.2 Å². The Hall–Kier alpha value is -3.80. The summed E-state index contributed by atoms with van der Waals surface area (Å²) >= 11 is 0. The summed E-state index contributed by atoms with van der Waals surface area (Å²) in [5.41, 5.74) is 0.839. The molecule has 28 heavy (non-hydrogen) atoms. The van der Waals surface area contributed by atoms with Crippen LogP contribution in [0.2, 0.25) is 0 Å². The van der Waals surface area contributed by atoms with E-state index >= 15 is 0 Å². The van der Waals surface area contributed by atoms with Crippen LogP contribution < -0.4 is 14.8 Å². The monoisotopic (exact) mass is 373 g/mol. The van der Waals surface area contributed by atoms with Crippen LogP contribution in [-0.2, 0) is 13.2 Å². The average Bonchev–Trinajstić information content (AvgIpc) is 3.21. The predicted octanol–water partition coefficient (Wildman–Crippen LogP) is 5.05. The minimum Gasteiger partial charge on any atom is -0.484 e. The molecule has 0 atom stereocenters. The Morgan fingerprint density at radius 3 is 2.14 bits per heavy atom. The minimum atomic E-state index is 0.227. The summed E-state index contributed by atoms with van der Waals surface area (Å²) < 4.78 is 17.2. The van der Waals surface area contributed by atoms with E-state index in [0.29, 0.717) is 18.3 Å². The number of aromatic nitrogens is 2. The molecule has 0 fully saturated rings. The van der Waals surface area contributed by atoms with Gasteiger partial charge in [0, 0.05) is 0 Å². The number of benzene rings is 3. The van der Waals surface area contributed by atoms with Crippen LogP contribution in [0.4, 0.5) is 5.69 Å². The van der Waals surface area contributed by atoms with Crippen molar-refractivity contribution >= 4 is 5.69 Å². The molecule has 1 N–H and O–H groups in total. The lowest BCUT2D eigenvalue weighted by atomic mass is 10.3. The van der Waals surface area contributed by atoms with E-state index in [2.05, 4.69) is 15.5 Å². The average molecular weight is 373 g/mol. The second-order valence-corrected chi connectivity index (χ2v) is 5.96. The van der Waals surface area contributed by atoms with Gasteiger partial charge in [0.15, 0.2) is 12.4 Å². The van der Waals surface area contributed by atoms with Crippen LogP contribution >= 0.6 is 0 Å². The van der Waals surface area contributed by atoms with Crippen molar-refractivity contribution in [2.24, 2.45) is 0 Å². The van der Waals surface area contributed by atoms with Crippen molar-refractivity contribution in [3.8, 4) is 17.2 Å². The summed E-state index contributed by atoms with van der Waals surface area (Å²) in [6.07, 6.45) is 0. The van der Waals surface area contributed by atoms with Gasteiger partial charge in [0.05, 0.1) is 12.2 Å². The second kappa shape index (κ2) is 8.73. The van der Waals surface area contributed by atoms with Gasteiger partial charge in [-0.15, -0.1) is 10.2 Å². The van der Waals surface area contributed by atoms with Crippen molar-refractivity contribution in [3.05, 3.63) is 96.7 Å². The quantitative estimate of drug-likeness (QED) is 0.466. The maximum absolute atomic E-state index is 5.94. The molecule has 6 nitrogen and oxygen atoms in total. The Morgan fingerprint density at radius 1 is 0.714 bits per heavy atom.